The van der Waals surface area contributed by atoms with E-state index in [1.165, 1.54) is 12.1 Å². The van der Waals surface area contributed by atoms with Crippen LogP contribution in [0.25, 0.3) is 0 Å². The molecule has 0 atom stereocenters. The normalized spacial score (nSPS) is 14.4. The van der Waals surface area contributed by atoms with Crippen molar-refractivity contribution in [3.63, 3.8) is 0 Å². The maximum atomic E-state index is 13.1. The fourth-order valence-corrected chi connectivity index (χ4v) is 3.12. The van der Waals surface area contributed by atoms with Crippen LogP contribution in [-0.4, -0.2) is 38.8 Å². The van der Waals surface area contributed by atoms with Crippen LogP contribution in [0, 0.1) is 5.82 Å². The molecule has 138 valence electrons. The number of benzene rings is 2. The number of anilines is 3. The molecule has 0 aromatic heterocycles. The molecule has 2 aromatic rings. The molecule has 26 heavy (non-hydrogen) atoms. The number of piperazine rings is 1. The number of hydrogen-bond donors (Lipinski definition) is 1. The van der Waals surface area contributed by atoms with Crippen molar-refractivity contribution in [1.82, 2.24) is 0 Å². The van der Waals surface area contributed by atoms with Gasteiger partial charge in [0.2, 0.25) is 0 Å². The summed E-state index contributed by atoms with van der Waals surface area (Å²) in [6, 6.07) is 11.9. The van der Waals surface area contributed by atoms with Crippen molar-refractivity contribution in [3.8, 4) is 0 Å². The Morgan fingerprint density at radius 2 is 1.73 bits per heavy atom. The minimum Gasteiger partial charge on any atom is -0.462 e. The zero-order valence-corrected chi connectivity index (χ0v) is 15.0. The van der Waals surface area contributed by atoms with Crippen molar-refractivity contribution in [2.75, 3.05) is 48.3 Å². The van der Waals surface area contributed by atoms with Gasteiger partial charge in [-0.25, -0.2) is 9.18 Å². The summed E-state index contributed by atoms with van der Waals surface area (Å²) >= 11 is 0. The van der Waals surface area contributed by atoms with Gasteiger partial charge in [-0.15, -0.1) is 0 Å². The third-order valence-corrected chi connectivity index (χ3v) is 4.49. The molecule has 6 heteroatoms. The third kappa shape index (κ3) is 4.07. The Morgan fingerprint density at radius 1 is 1.08 bits per heavy atom. The molecule has 2 aromatic carbocycles. The third-order valence-electron chi connectivity index (χ3n) is 4.49. The average Bonchev–Trinajstić information content (AvgIpc) is 2.67. The predicted molar refractivity (Wildman–Crippen MR) is 102 cm³/mol. The van der Waals surface area contributed by atoms with E-state index in [0.29, 0.717) is 17.9 Å². The lowest BCUT2D eigenvalue weighted by atomic mass is 10.1. The zero-order chi connectivity index (χ0) is 18.5. The van der Waals surface area contributed by atoms with E-state index in [1.807, 2.05) is 13.0 Å². The minimum atomic E-state index is -0.338. The summed E-state index contributed by atoms with van der Waals surface area (Å²) < 4.78 is 18.4. The predicted octanol–water partition coefficient (Wildman–Crippen LogP) is 3.30. The van der Waals surface area contributed by atoms with Crippen LogP contribution >= 0.6 is 0 Å². The van der Waals surface area contributed by atoms with Crippen LogP contribution in [0.5, 0.6) is 0 Å². The summed E-state index contributed by atoms with van der Waals surface area (Å²) in [7, 11) is 0. The molecule has 1 saturated heterocycles. The van der Waals surface area contributed by atoms with E-state index in [2.05, 4.69) is 9.80 Å². The topological polar surface area (TPSA) is 58.8 Å². The van der Waals surface area contributed by atoms with Gasteiger partial charge in [0.15, 0.2) is 0 Å². The number of esters is 1. The molecule has 5 nitrogen and oxygen atoms in total. The molecule has 0 unspecified atom stereocenters. The molecule has 2 N–H and O–H groups in total. The van der Waals surface area contributed by atoms with E-state index < -0.39 is 0 Å². The van der Waals surface area contributed by atoms with Crippen LogP contribution in [0.2, 0.25) is 0 Å². The summed E-state index contributed by atoms with van der Waals surface area (Å²) in [6.45, 7) is 5.46. The van der Waals surface area contributed by atoms with E-state index in [9.17, 15) is 9.18 Å². The van der Waals surface area contributed by atoms with Gasteiger partial charge in [0.05, 0.1) is 17.9 Å². The van der Waals surface area contributed by atoms with E-state index in [1.54, 1.807) is 24.3 Å². The molecule has 1 heterocycles. The van der Waals surface area contributed by atoms with Crippen molar-refractivity contribution in [2.45, 2.75) is 13.3 Å². The van der Waals surface area contributed by atoms with Gasteiger partial charge in [0.25, 0.3) is 0 Å². The van der Waals surface area contributed by atoms with E-state index in [-0.39, 0.29) is 11.8 Å². The minimum absolute atomic E-state index is 0.232. The number of carbonyl (C=O) groups excluding carboxylic acids is 1. The number of nitrogen functional groups attached to an aromatic ring is 1. The fourth-order valence-electron chi connectivity index (χ4n) is 3.12. The molecule has 1 aliphatic rings. The first-order valence-electron chi connectivity index (χ1n) is 8.90. The van der Waals surface area contributed by atoms with Crippen molar-refractivity contribution in [1.29, 1.82) is 0 Å². The highest BCUT2D eigenvalue weighted by Crippen LogP contribution is 2.26. The van der Waals surface area contributed by atoms with Gasteiger partial charge in [0.1, 0.15) is 5.82 Å². The van der Waals surface area contributed by atoms with Crippen molar-refractivity contribution >= 4 is 23.0 Å². The molecular weight excluding hydrogens is 333 g/mol. The lowest BCUT2D eigenvalue weighted by molar-refractivity contribution is 0.0506. The highest BCUT2D eigenvalue weighted by molar-refractivity contribution is 5.97. The lowest BCUT2D eigenvalue weighted by Gasteiger charge is -2.38. The first kappa shape index (κ1) is 18.0. The number of rotatable bonds is 5. The fraction of sp³-hybridized carbons (Fsp3) is 0.350. The van der Waals surface area contributed by atoms with Gasteiger partial charge in [-0.1, -0.05) is 6.92 Å². The molecular formula is C20H24FN3O2. The number of hydrogen-bond acceptors (Lipinski definition) is 5. The van der Waals surface area contributed by atoms with E-state index >= 15 is 0 Å². The van der Waals surface area contributed by atoms with Crippen LogP contribution in [0.4, 0.5) is 21.5 Å². The quantitative estimate of drug-likeness (QED) is 0.657. The van der Waals surface area contributed by atoms with Gasteiger partial charge in [-0.2, -0.15) is 0 Å². The highest BCUT2D eigenvalue weighted by Gasteiger charge is 2.22. The van der Waals surface area contributed by atoms with Gasteiger partial charge in [-0.05, 0) is 48.9 Å². The number of ether oxygens (including phenoxy) is 1. The molecule has 0 radical (unpaired) electrons. The Balaban J connectivity index is 1.72. The highest BCUT2D eigenvalue weighted by atomic mass is 19.1. The number of halogens is 1. The second-order valence-electron chi connectivity index (χ2n) is 6.36. The van der Waals surface area contributed by atoms with Crippen molar-refractivity contribution in [2.24, 2.45) is 0 Å². The summed E-state index contributed by atoms with van der Waals surface area (Å²) in [5.74, 6) is -0.570. The first-order valence-corrected chi connectivity index (χ1v) is 8.90. The van der Waals surface area contributed by atoms with Crippen LogP contribution in [0.3, 0.4) is 0 Å². The van der Waals surface area contributed by atoms with Gasteiger partial charge in [-0.3, -0.25) is 0 Å². The second kappa shape index (κ2) is 8.08. The number of carbonyl (C=O) groups is 1. The SMILES string of the molecule is CCCOC(=O)c1cc(N)ccc1N1CCN(c2ccc(F)cc2)CC1. The Hall–Kier alpha value is -2.76. The Kier molecular flexibility index (Phi) is 5.61. The van der Waals surface area contributed by atoms with Crippen LogP contribution in [0.1, 0.15) is 23.7 Å². The monoisotopic (exact) mass is 357 g/mol. The molecule has 0 amide bonds. The van der Waals surface area contributed by atoms with Crippen LogP contribution in [-0.2, 0) is 4.74 Å². The molecule has 1 aliphatic heterocycles. The molecule has 3 rings (SSSR count). The summed E-state index contributed by atoms with van der Waals surface area (Å²) in [4.78, 5) is 16.8. The van der Waals surface area contributed by atoms with E-state index in [0.717, 1.165) is 44.0 Å². The first-order chi connectivity index (χ1) is 12.6. The Bertz CT molecular complexity index is 756. The maximum Gasteiger partial charge on any atom is 0.340 e. The van der Waals surface area contributed by atoms with Gasteiger partial charge < -0.3 is 20.3 Å². The molecule has 1 fully saturated rings. The molecule has 0 spiro atoms. The van der Waals surface area contributed by atoms with E-state index in [4.69, 9.17) is 10.5 Å². The Morgan fingerprint density at radius 3 is 2.38 bits per heavy atom. The summed E-state index contributed by atoms with van der Waals surface area (Å²) in [5, 5.41) is 0. The molecule has 0 saturated carbocycles. The van der Waals surface area contributed by atoms with Crippen LogP contribution in [0.15, 0.2) is 42.5 Å². The number of nitrogens with zero attached hydrogens (tertiary/aromatic N) is 2. The molecule has 0 bridgehead atoms. The van der Waals surface area contributed by atoms with Crippen molar-refractivity contribution in [3.05, 3.63) is 53.8 Å². The summed E-state index contributed by atoms with van der Waals surface area (Å²) in [5.41, 5.74) is 8.77. The largest absolute Gasteiger partial charge is 0.462 e. The zero-order valence-electron chi connectivity index (χ0n) is 15.0. The second-order valence-corrected chi connectivity index (χ2v) is 6.36. The molecule has 0 aliphatic carbocycles. The smallest absolute Gasteiger partial charge is 0.340 e. The number of nitrogens with two attached hydrogens (primary N) is 1. The lowest BCUT2D eigenvalue weighted by Crippen LogP contribution is -2.47. The van der Waals surface area contributed by atoms with Gasteiger partial charge >= 0.3 is 5.97 Å². The summed E-state index contributed by atoms with van der Waals surface area (Å²) in [6.07, 6.45) is 0.778. The van der Waals surface area contributed by atoms with Crippen molar-refractivity contribution < 1.29 is 13.9 Å². The van der Waals surface area contributed by atoms with Crippen LogP contribution < -0.4 is 15.5 Å². The Labute approximate surface area is 153 Å². The maximum absolute atomic E-state index is 13.1. The standard InChI is InChI=1S/C20H24FN3O2/c1-2-13-26-20(25)18-14-16(22)5-8-19(18)24-11-9-23(10-12-24)17-6-3-15(21)4-7-17/h3-8,14H,2,9-13,22H2,1H3. The van der Waals surface area contributed by atoms with Gasteiger partial charge in [0, 0.05) is 37.6 Å². The average molecular weight is 357 g/mol.